The van der Waals surface area contributed by atoms with Crippen molar-refractivity contribution < 1.29 is 18.0 Å². The molecule has 1 amide bonds. The van der Waals surface area contributed by atoms with E-state index in [4.69, 9.17) is 5.73 Å². The molecule has 0 bridgehead atoms. The summed E-state index contributed by atoms with van der Waals surface area (Å²) in [4.78, 5) is 11.5. The zero-order valence-corrected chi connectivity index (χ0v) is 9.89. The summed E-state index contributed by atoms with van der Waals surface area (Å²) in [6, 6.07) is -0.714. The molecule has 3 N–H and O–H groups in total. The molecule has 0 heterocycles. The quantitative estimate of drug-likeness (QED) is 0.806. The van der Waals surface area contributed by atoms with Gasteiger partial charge >= 0.3 is 6.18 Å². The molecule has 6 heteroatoms. The van der Waals surface area contributed by atoms with E-state index < -0.39 is 18.1 Å². The average Bonchev–Trinajstić information content (AvgIpc) is 2.27. The van der Waals surface area contributed by atoms with Gasteiger partial charge in [-0.3, -0.25) is 4.79 Å². The highest BCUT2D eigenvalue weighted by Crippen LogP contribution is 2.37. The van der Waals surface area contributed by atoms with Gasteiger partial charge in [0.25, 0.3) is 0 Å². The van der Waals surface area contributed by atoms with Crippen LogP contribution in [0.15, 0.2) is 0 Å². The van der Waals surface area contributed by atoms with Crippen LogP contribution in [0.2, 0.25) is 0 Å². The van der Waals surface area contributed by atoms with E-state index in [-0.39, 0.29) is 24.8 Å². The minimum atomic E-state index is -4.10. The fourth-order valence-electron chi connectivity index (χ4n) is 2.06. The molecule has 1 unspecified atom stereocenters. The van der Waals surface area contributed by atoms with Gasteiger partial charge in [0, 0.05) is 6.04 Å². The summed E-state index contributed by atoms with van der Waals surface area (Å²) in [5, 5.41) is 2.71. The summed E-state index contributed by atoms with van der Waals surface area (Å²) >= 11 is 0. The van der Waals surface area contributed by atoms with Crippen molar-refractivity contribution in [2.75, 3.05) is 0 Å². The number of amides is 1. The molecule has 17 heavy (non-hydrogen) atoms. The Morgan fingerprint density at radius 2 is 1.88 bits per heavy atom. The fraction of sp³-hybridized carbons (Fsp3) is 0.909. The number of rotatable bonds is 3. The lowest BCUT2D eigenvalue weighted by Gasteiger charge is -2.30. The van der Waals surface area contributed by atoms with Crippen molar-refractivity contribution >= 4 is 5.91 Å². The summed E-state index contributed by atoms with van der Waals surface area (Å²) in [5.41, 5.74) is 5.54. The van der Waals surface area contributed by atoms with Gasteiger partial charge in [-0.15, -0.1) is 0 Å². The Bertz CT molecular complexity index is 260. The van der Waals surface area contributed by atoms with Crippen LogP contribution in [0.25, 0.3) is 0 Å². The summed E-state index contributed by atoms with van der Waals surface area (Å²) in [5.74, 6) is -1.47. The van der Waals surface area contributed by atoms with E-state index in [1.807, 2.05) is 0 Å². The van der Waals surface area contributed by atoms with E-state index in [2.05, 4.69) is 5.32 Å². The van der Waals surface area contributed by atoms with Gasteiger partial charge in [0.2, 0.25) is 5.91 Å². The lowest BCUT2D eigenvalue weighted by Crippen LogP contribution is -2.46. The monoisotopic (exact) mass is 252 g/mol. The molecule has 0 saturated heterocycles. The van der Waals surface area contributed by atoms with Gasteiger partial charge in [0.1, 0.15) is 0 Å². The zero-order valence-electron chi connectivity index (χ0n) is 9.89. The number of nitrogens with one attached hydrogen (secondary N) is 1. The van der Waals surface area contributed by atoms with Crippen molar-refractivity contribution in [1.82, 2.24) is 5.32 Å². The summed E-state index contributed by atoms with van der Waals surface area (Å²) in [6.45, 7) is 1.80. The number of hydrogen-bond acceptors (Lipinski definition) is 2. The van der Waals surface area contributed by atoms with Gasteiger partial charge in [0.15, 0.2) is 0 Å². The largest absolute Gasteiger partial charge is 0.391 e. The third-order valence-corrected chi connectivity index (χ3v) is 3.31. The average molecular weight is 252 g/mol. The molecule has 1 atom stereocenters. The topological polar surface area (TPSA) is 55.1 Å². The number of halogens is 3. The molecular formula is C11H19F3N2O. The summed E-state index contributed by atoms with van der Waals surface area (Å²) < 4.78 is 37.2. The molecule has 1 aliphatic rings. The predicted molar refractivity (Wildman–Crippen MR) is 58.2 cm³/mol. The number of alkyl halides is 3. The predicted octanol–water partition coefficient (Wildman–Crippen LogP) is 1.96. The first-order chi connectivity index (χ1) is 7.84. The molecule has 0 aromatic rings. The second-order valence-corrected chi connectivity index (χ2v) is 4.61. The van der Waals surface area contributed by atoms with E-state index in [0.717, 1.165) is 0 Å². The second-order valence-electron chi connectivity index (χ2n) is 4.61. The van der Waals surface area contributed by atoms with Crippen molar-refractivity contribution in [2.24, 2.45) is 11.7 Å². The Hall–Kier alpha value is -0.780. The van der Waals surface area contributed by atoms with Crippen LogP contribution in [0.1, 0.15) is 39.0 Å². The highest BCUT2D eigenvalue weighted by molar-refractivity contribution is 5.81. The molecule has 0 radical (unpaired) electrons. The van der Waals surface area contributed by atoms with E-state index in [0.29, 0.717) is 19.3 Å². The molecule has 0 spiro atoms. The van der Waals surface area contributed by atoms with Crippen LogP contribution >= 0.6 is 0 Å². The van der Waals surface area contributed by atoms with Crippen LogP contribution < -0.4 is 11.1 Å². The van der Waals surface area contributed by atoms with Crippen LogP contribution in [0, 0.1) is 5.92 Å². The maximum Gasteiger partial charge on any atom is 0.391 e. The Morgan fingerprint density at radius 1 is 1.35 bits per heavy atom. The third kappa shape index (κ3) is 4.18. The molecule has 1 fully saturated rings. The van der Waals surface area contributed by atoms with Crippen LogP contribution in [0.3, 0.4) is 0 Å². The lowest BCUT2D eigenvalue weighted by molar-refractivity contribution is -0.182. The molecule has 0 aliphatic heterocycles. The molecule has 3 nitrogen and oxygen atoms in total. The normalized spacial score (nSPS) is 27.6. The van der Waals surface area contributed by atoms with Crippen molar-refractivity contribution in [3.05, 3.63) is 0 Å². The van der Waals surface area contributed by atoms with E-state index in [1.165, 1.54) is 0 Å². The van der Waals surface area contributed by atoms with E-state index in [9.17, 15) is 18.0 Å². The van der Waals surface area contributed by atoms with Crippen molar-refractivity contribution in [2.45, 2.75) is 57.3 Å². The minimum absolute atomic E-state index is 0.0931. The first kappa shape index (κ1) is 14.3. The van der Waals surface area contributed by atoms with Gasteiger partial charge in [-0.2, -0.15) is 13.2 Å². The number of carbonyl (C=O) groups is 1. The standard InChI is InChI=1S/C11H19F3N2O/c1-2-9(15)10(17)16-8-5-3-7(4-6-8)11(12,13)14/h7-9H,2-6,15H2,1H3,(H,16,17). The highest BCUT2D eigenvalue weighted by Gasteiger charge is 2.41. The summed E-state index contributed by atoms with van der Waals surface area (Å²) in [7, 11) is 0. The van der Waals surface area contributed by atoms with Crippen LogP contribution in [-0.2, 0) is 4.79 Å². The lowest BCUT2D eigenvalue weighted by atomic mass is 9.85. The van der Waals surface area contributed by atoms with Crippen LogP contribution in [-0.4, -0.2) is 24.2 Å². The van der Waals surface area contributed by atoms with E-state index in [1.54, 1.807) is 6.92 Å². The Kier molecular flexibility index (Phi) is 4.80. The zero-order chi connectivity index (χ0) is 13.1. The Balaban J connectivity index is 2.35. The second kappa shape index (κ2) is 5.71. The molecule has 0 aromatic heterocycles. The van der Waals surface area contributed by atoms with Crippen LogP contribution in [0.4, 0.5) is 13.2 Å². The van der Waals surface area contributed by atoms with Crippen molar-refractivity contribution in [3.63, 3.8) is 0 Å². The number of carbonyl (C=O) groups excluding carboxylic acids is 1. The molecular weight excluding hydrogens is 233 g/mol. The van der Waals surface area contributed by atoms with Crippen molar-refractivity contribution in [3.8, 4) is 0 Å². The molecule has 1 saturated carbocycles. The maximum absolute atomic E-state index is 12.4. The van der Waals surface area contributed by atoms with Crippen LogP contribution in [0.5, 0.6) is 0 Å². The van der Waals surface area contributed by atoms with E-state index >= 15 is 0 Å². The smallest absolute Gasteiger partial charge is 0.352 e. The van der Waals surface area contributed by atoms with Crippen molar-refractivity contribution in [1.29, 1.82) is 0 Å². The first-order valence-electron chi connectivity index (χ1n) is 5.97. The molecule has 0 aromatic carbocycles. The fourth-order valence-corrected chi connectivity index (χ4v) is 2.06. The van der Waals surface area contributed by atoms with Gasteiger partial charge in [-0.25, -0.2) is 0 Å². The highest BCUT2D eigenvalue weighted by atomic mass is 19.4. The number of hydrogen-bond donors (Lipinski definition) is 2. The molecule has 100 valence electrons. The molecule has 1 aliphatic carbocycles. The SMILES string of the molecule is CCC(N)C(=O)NC1CCC(C(F)(F)F)CC1. The Morgan fingerprint density at radius 3 is 2.29 bits per heavy atom. The summed E-state index contributed by atoms with van der Waals surface area (Å²) in [6.07, 6.45) is -2.62. The maximum atomic E-state index is 12.4. The van der Waals surface area contributed by atoms with Gasteiger partial charge in [-0.05, 0) is 32.1 Å². The third-order valence-electron chi connectivity index (χ3n) is 3.31. The minimum Gasteiger partial charge on any atom is -0.352 e. The Labute approximate surface area is 98.9 Å². The van der Waals surface area contributed by atoms with Gasteiger partial charge < -0.3 is 11.1 Å². The van der Waals surface area contributed by atoms with Gasteiger partial charge in [0.05, 0.1) is 12.0 Å². The number of nitrogens with two attached hydrogens (primary N) is 1. The first-order valence-corrected chi connectivity index (χ1v) is 5.97. The molecule has 1 rings (SSSR count). The van der Waals surface area contributed by atoms with Gasteiger partial charge in [-0.1, -0.05) is 6.92 Å².